The lowest BCUT2D eigenvalue weighted by atomic mass is 10.2. The molecule has 2 N–H and O–H groups in total. The summed E-state index contributed by atoms with van der Waals surface area (Å²) in [5.41, 5.74) is 0.816. The van der Waals surface area contributed by atoms with Crippen molar-refractivity contribution in [3.8, 4) is 17.1 Å². The van der Waals surface area contributed by atoms with E-state index in [9.17, 15) is 4.79 Å². The van der Waals surface area contributed by atoms with Crippen LogP contribution in [0.15, 0.2) is 29.4 Å². The number of hydrogen-bond acceptors (Lipinski definition) is 7. The molecule has 0 fully saturated rings. The Bertz CT molecular complexity index is 628. The molecule has 2 aromatic rings. The average molecular weight is 322 g/mol. The number of carbonyl (C=O) groups excluding carboxylic acids is 1. The van der Waals surface area contributed by atoms with Crippen LogP contribution in [0.25, 0.3) is 11.4 Å². The Hall–Kier alpha value is -2.22. The second kappa shape index (κ2) is 7.69. The number of nitrogen functional groups attached to an aromatic ring is 1. The molecule has 118 valence electrons. The summed E-state index contributed by atoms with van der Waals surface area (Å²) in [6.07, 6.45) is 0.797. The van der Waals surface area contributed by atoms with Crippen LogP contribution in [0.2, 0.25) is 0 Å². The van der Waals surface area contributed by atoms with Gasteiger partial charge < -0.3 is 15.3 Å². The predicted octanol–water partition coefficient (Wildman–Crippen LogP) is 1.71. The maximum Gasteiger partial charge on any atom is 0.316 e. The Morgan fingerprint density at radius 2 is 2.05 bits per heavy atom. The van der Waals surface area contributed by atoms with Crippen LogP contribution in [-0.4, -0.2) is 40.3 Å². The zero-order chi connectivity index (χ0) is 15.9. The summed E-state index contributed by atoms with van der Waals surface area (Å²) in [5.74, 6) is 7.11. The lowest BCUT2D eigenvalue weighted by molar-refractivity contribution is -0.140. The summed E-state index contributed by atoms with van der Waals surface area (Å²) in [5, 5.41) is 8.51. The molecule has 0 spiro atoms. The molecular formula is C14H18N4O3S. The highest BCUT2D eigenvalue weighted by atomic mass is 32.2. The van der Waals surface area contributed by atoms with E-state index >= 15 is 0 Å². The molecule has 7 nitrogen and oxygen atoms in total. The summed E-state index contributed by atoms with van der Waals surface area (Å²) in [4.78, 5) is 11.5. The molecule has 0 aliphatic carbocycles. The summed E-state index contributed by atoms with van der Waals surface area (Å²) in [6, 6.07) is 7.32. The van der Waals surface area contributed by atoms with E-state index in [0.29, 0.717) is 17.6 Å². The van der Waals surface area contributed by atoms with Gasteiger partial charge in [0.15, 0.2) is 5.82 Å². The summed E-state index contributed by atoms with van der Waals surface area (Å²) >= 11 is 1.19. The molecule has 0 aliphatic rings. The van der Waals surface area contributed by atoms with E-state index in [1.54, 1.807) is 7.11 Å². The first-order chi connectivity index (χ1) is 10.7. The molecule has 0 amide bonds. The van der Waals surface area contributed by atoms with Gasteiger partial charge >= 0.3 is 5.97 Å². The van der Waals surface area contributed by atoms with Gasteiger partial charge in [-0.2, -0.15) is 0 Å². The Labute approximate surface area is 132 Å². The number of aromatic nitrogens is 3. The molecule has 0 unspecified atom stereocenters. The van der Waals surface area contributed by atoms with Gasteiger partial charge in [-0.3, -0.25) is 4.79 Å². The van der Waals surface area contributed by atoms with Crippen molar-refractivity contribution < 1.29 is 14.3 Å². The third-order valence-electron chi connectivity index (χ3n) is 2.80. The van der Waals surface area contributed by atoms with Crippen molar-refractivity contribution in [3.05, 3.63) is 24.3 Å². The monoisotopic (exact) mass is 322 g/mol. The fourth-order valence-corrected chi connectivity index (χ4v) is 2.35. The highest BCUT2D eigenvalue weighted by Crippen LogP contribution is 2.23. The second-order valence-corrected chi connectivity index (χ2v) is 5.36. The van der Waals surface area contributed by atoms with Crippen molar-refractivity contribution in [2.75, 3.05) is 25.3 Å². The van der Waals surface area contributed by atoms with Crippen molar-refractivity contribution in [1.82, 2.24) is 14.9 Å². The van der Waals surface area contributed by atoms with Crippen LogP contribution >= 0.6 is 11.8 Å². The van der Waals surface area contributed by atoms with E-state index in [1.165, 1.54) is 16.4 Å². The number of thioether (sulfide) groups is 1. The second-order valence-electron chi connectivity index (χ2n) is 4.41. The average Bonchev–Trinajstić information content (AvgIpc) is 2.92. The van der Waals surface area contributed by atoms with Crippen LogP contribution in [0, 0.1) is 0 Å². The van der Waals surface area contributed by atoms with Crippen molar-refractivity contribution in [1.29, 1.82) is 0 Å². The maximum atomic E-state index is 11.5. The highest BCUT2D eigenvalue weighted by molar-refractivity contribution is 7.99. The van der Waals surface area contributed by atoms with Gasteiger partial charge in [0.1, 0.15) is 5.75 Å². The number of carbonyl (C=O) groups is 1. The molecule has 0 saturated carbocycles. The molecule has 1 heterocycles. The van der Waals surface area contributed by atoms with Crippen molar-refractivity contribution >= 4 is 17.7 Å². The minimum absolute atomic E-state index is 0.151. The van der Waals surface area contributed by atoms with E-state index < -0.39 is 0 Å². The molecule has 1 aromatic carbocycles. The Morgan fingerprint density at radius 3 is 2.68 bits per heavy atom. The Morgan fingerprint density at radius 1 is 1.32 bits per heavy atom. The first-order valence-corrected chi connectivity index (χ1v) is 7.77. The van der Waals surface area contributed by atoms with Crippen LogP contribution in [-0.2, 0) is 9.53 Å². The lowest BCUT2D eigenvalue weighted by Gasteiger charge is -2.05. The third kappa shape index (κ3) is 3.91. The van der Waals surface area contributed by atoms with Crippen LogP contribution in [0.4, 0.5) is 0 Å². The third-order valence-corrected chi connectivity index (χ3v) is 3.72. The number of rotatable bonds is 7. The number of hydrogen-bond donors (Lipinski definition) is 1. The number of nitrogens with two attached hydrogens (primary N) is 1. The minimum atomic E-state index is -0.291. The van der Waals surface area contributed by atoms with E-state index in [0.717, 1.165) is 17.7 Å². The van der Waals surface area contributed by atoms with E-state index in [1.807, 2.05) is 31.2 Å². The molecule has 0 radical (unpaired) electrons. The quantitative estimate of drug-likeness (QED) is 0.471. The molecule has 8 heteroatoms. The van der Waals surface area contributed by atoms with E-state index in [-0.39, 0.29) is 11.7 Å². The molecule has 22 heavy (non-hydrogen) atoms. The SMILES string of the molecule is CCCOC(=O)CSc1nnc(-c2ccc(OC)cc2)n1N. The van der Waals surface area contributed by atoms with Gasteiger partial charge in [0.2, 0.25) is 5.16 Å². The first-order valence-electron chi connectivity index (χ1n) is 6.79. The van der Waals surface area contributed by atoms with Gasteiger partial charge in [-0.1, -0.05) is 18.7 Å². The smallest absolute Gasteiger partial charge is 0.316 e. The number of benzene rings is 1. The van der Waals surface area contributed by atoms with Crippen LogP contribution in [0.5, 0.6) is 5.75 Å². The number of methoxy groups -OCH3 is 1. The zero-order valence-corrected chi connectivity index (χ0v) is 13.3. The van der Waals surface area contributed by atoms with Gasteiger partial charge in [0.25, 0.3) is 0 Å². The van der Waals surface area contributed by atoms with Crippen LogP contribution in [0.3, 0.4) is 0 Å². The standard InChI is InChI=1S/C14H18N4O3S/c1-3-8-21-12(19)9-22-14-17-16-13(18(14)15)10-4-6-11(20-2)7-5-10/h4-7H,3,8-9,15H2,1-2H3. The summed E-state index contributed by atoms with van der Waals surface area (Å²) in [7, 11) is 1.60. The minimum Gasteiger partial charge on any atom is -0.497 e. The maximum absolute atomic E-state index is 11.5. The largest absolute Gasteiger partial charge is 0.497 e. The molecule has 2 rings (SSSR count). The van der Waals surface area contributed by atoms with Crippen molar-refractivity contribution in [2.45, 2.75) is 18.5 Å². The van der Waals surface area contributed by atoms with Crippen molar-refractivity contribution in [3.63, 3.8) is 0 Å². The van der Waals surface area contributed by atoms with Crippen LogP contribution in [0.1, 0.15) is 13.3 Å². The fraction of sp³-hybridized carbons (Fsp3) is 0.357. The highest BCUT2D eigenvalue weighted by Gasteiger charge is 2.14. The summed E-state index contributed by atoms with van der Waals surface area (Å²) < 4.78 is 11.5. The van der Waals surface area contributed by atoms with Gasteiger partial charge in [0.05, 0.1) is 19.5 Å². The molecule has 1 aromatic heterocycles. The number of ether oxygens (including phenoxy) is 2. The van der Waals surface area contributed by atoms with Crippen LogP contribution < -0.4 is 10.6 Å². The predicted molar refractivity (Wildman–Crippen MR) is 84.1 cm³/mol. The van der Waals surface area contributed by atoms with E-state index in [2.05, 4.69) is 10.2 Å². The number of esters is 1. The molecule has 0 saturated heterocycles. The molecule has 0 bridgehead atoms. The Balaban J connectivity index is 2.03. The lowest BCUT2D eigenvalue weighted by Crippen LogP contribution is -2.13. The Kier molecular flexibility index (Phi) is 5.65. The molecule has 0 aliphatic heterocycles. The summed E-state index contributed by atoms with van der Waals surface area (Å²) in [6.45, 7) is 2.36. The van der Waals surface area contributed by atoms with Gasteiger partial charge in [-0.25, -0.2) is 4.68 Å². The molecule has 0 atom stereocenters. The van der Waals surface area contributed by atoms with Gasteiger partial charge in [-0.05, 0) is 30.7 Å². The van der Waals surface area contributed by atoms with E-state index in [4.69, 9.17) is 15.3 Å². The fourth-order valence-electron chi connectivity index (χ4n) is 1.69. The number of nitrogens with zero attached hydrogens (tertiary/aromatic N) is 3. The molecular weight excluding hydrogens is 304 g/mol. The zero-order valence-electron chi connectivity index (χ0n) is 12.5. The first kappa shape index (κ1) is 16.2. The topological polar surface area (TPSA) is 92.3 Å². The van der Waals surface area contributed by atoms with Crippen molar-refractivity contribution in [2.24, 2.45) is 0 Å². The van der Waals surface area contributed by atoms with Gasteiger partial charge in [0, 0.05) is 5.56 Å². The van der Waals surface area contributed by atoms with Gasteiger partial charge in [-0.15, -0.1) is 10.2 Å². The normalized spacial score (nSPS) is 10.5.